The Morgan fingerprint density at radius 2 is 1.56 bits per heavy atom. The number of nitrogens with zero attached hydrogens (tertiary/aromatic N) is 4. The number of ether oxygens (including phenoxy) is 1. The summed E-state index contributed by atoms with van der Waals surface area (Å²) in [4.78, 5) is 15.0. The first kappa shape index (κ1) is 23.9. The van der Waals surface area contributed by atoms with Crippen molar-refractivity contribution in [3.8, 4) is 5.75 Å². The summed E-state index contributed by atoms with van der Waals surface area (Å²) >= 11 is 7.50. The molecule has 3 aromatic carbocycles. The molecule has 0 fully saturated rings. The fraction of sp³-hybridized carbons (Fsp3) is 0.192. The van der Waals surface area contributed by atoms with E-state index in [1.54, 1.807) is 17.0 Å². The van der Waals surface area contributed by atoms with Crippen molar-refractivity contribution in [2.24, 2.45) is 7.05 Å². The summed E-state index contributed by atoms with van der Waals surface area (Å²) < 4.78 is 7.60. The zero-order chi connectivity index (χ0) is 23.9. The highest BCUT2D eigenvalue weighted by atomic mass is 35.5. The van der Waals surface area contributed by atoms with Gasteiger partial charge in [-0.05, 0) is 23.3 Å². The smallest absolute Gasteiger partial charge is 0.233 e. The fourth-order valence-electron chi connectivity index (χ4n) is 3.58. The summed E-state index contributed by atoms with van der Waals surface area (Å²) in [5.74, 6) is 1.48. The van der Waals surface area contributed by atoms with Gasteiger partial charge in [-0.1, -0.05) is 96.2 Å². The minimum atomic E-state index is -0.172. The van der Waals surface area contributed by atoms with Crippen molar-refractivity contribution in [3.05, 3.63) is 107 Å². The molecular formula is C26H25ClN4O2S. The van der Waals surface area contributed by atoms with Crippen LogP contribution in [-0.4, -0.2) is 38.4 Å². The number of halogens is 1. The lowest BCUT2D eigenvalue weighted by Gasteiger charge is -2.29. The average Bonchev–Trinajstić information content (AvgIpc) is 3.22. The predicted molar refractivity (Wildman–Crippen MR) is 135 cm³/mol. The topological polar surface area (TPSA) is 60.3 Å². The quantitative estimate of drug-likeness (QED) is 0.293. The second-order valence-electron chi connectivity index (χ2n) is 7.69. The maximum Gasteiger partial charge on any atom is 0.233 e. The van der Waals surface area contributed by atoms with Gasteiger partial charge in [0.25, 0.3) is 0 Å². The zero-order valence-electron chi connectivity index (χ0n) is 19.0. The molecule has 1 aromatic heterocycles. The van der Waals surface area contributed by atoms with Crippen LogP contribution in [0.5, 0.6) is 5.75 Å². The van der Waals surface area contributed by atoms with E-state index in [9.17, 15) is 4.79 Å². The van der Waals surface area contributed by atoms with E-state index in [2.05, 4.69) is 10.2 Å². The van der Waals surface area contributed by atoms with E-state index in [4.69, 9.17) is 16.3 Å². The zero-order valence-corrected chi connectivity index (χ0v) is 20.5. The van der Waals surface area contributed by atoms with Crippen molar-refractivity contribution in [1.82, 2.24) is 19.7 Å². The molecule has 4 rings (SSSR count). The molecule has 1 heterocycles. The molecule has 1 amide bonds. The number of carbonyl (C=O) groups is 1. The van der Waals surface area contributed by atoms with Crippen LogP contribution in [0, 0.1) is 0 Å². The van der Waals surface area contributed by atoms with E-state index in [0.29, 0.717) is 21.8 Å². The maximum absolute atomic E-state index is 13.2. The number of benzene rings is 3. The second kappa shape index (κ2) is 11.2. The van der Waals surface area contributed by atoms with Crippen LogP contribution in [0.3, 0.4) is 0 Å². The third-order valence-corrected chi connectivity index (χ3v) is 6.77. The number of para-hydroxylation sites is 1. The van der Waals surface area contributed by atoms with Crippen molar-refractivity contribution in [2.75, 3.05) is 12.8 Å². The normalized spacial score (nSPS) is 10.9. The minimum absolute atomic E-state index is 0.000395. The molecule has 0 saturated heterocycles. The van der Waals surface area contributed by atoms with Crippen molar-refractivity contribution < 1.29 is 9.53 Å². The number of rotatable bonds is 9. The molecule has 0 bridgehead atoms. The van der Waals surface area contributed by atoms with Gasteiger partial charge >= 0.3 is 0 Å². The Morgan fingerprint density at radius 1 is 0.971 bits per heavy atom. The Balaban J connectivity index is 1.42. The maximum atomic E-state index is 13.2. The molecular weight excluding hydrogens is 468 g/mol. The third-order valence-electron chi connectivity index (χ3n) is 5.45. The standard InChI is InChI=1S/C26H25ClN4O2S/c1-30-23(17-33-22-16-10-9-15-21(22)27)28-29-26(30)34-18-24(32)31(2)25(19-11-5-3-6-12-19)20-13-7-4-8-14-20/h3-16,25H,17-18H2,1-2H3. The highest BCUT2D eigenvalue weighted by Crippen LogP contribution is 2.29. The van der Waals surface area contributed by atoms with Crippen molar-refractivity contribution in [1.29, 1.82) is 0 Å². The molecule has 0 atom stereocenters. The number of amides is 1. The van der Waals surface area contributed by atoms with Crippen LogP contribution < -0.4 is 4.74 Å². The van der Waals surface area contributed by atoms with E-state index in [-0.39, 0.29) is 24.3 Å². The number of hydrogen-bond donors (Lipinski definition) is 0. The SMILES string of the molecule is CN(C(=O)CSc1nnc(COc2ccccc2Cl)n1C)C(c1ccccc1)c1ccccc1. The fourth-order valence-corrected chi connectivity index (χ4v) is 4.63. The molecule has 6 nitrogen and oxygen atoms in total. The van der Waals surface area contributed by atoms with Gasteiger partial charge in [0.1, 0.15) is 12.4 Å². The first-order valence-corrected chi connectivity index (χ1v) is 12.1. The Labute approximate surface area is 208 Å². The minimum Gasteiger partial charge on any atom is -0.484 e. The molecule has 34 heavy (non-hydrogen) atoms. The Bertz CT molecular complexity index is 1190. The summed E-state index contributed by atoms with van der Waals surface area (Å²) in [5, 5.41) is 9.64. The molecule has 0 aliphatic carbocycles. The van der Waals surface area contributed by atoms with Crippen molar-refractivity contribution >= 4 is 29.3 Å². The van der Waals surface area contributed by atoms with Crippen LogP contribution in [0.2, 0.25) is 5.02 Å². The summed E-state index contributed by atoms with van der Waals surface area (Å²) in [7, 11) is 3.70. The van der Waals surface area contributed by atoms with Gasteiger partial charge in [0.15, 0.2) is 11.0 Å². The predicted octanol–water partition coefficient (Wildman–Crippen LogP) is 5.39. The van der Waals surface area contributed by atoms with E-state index < -0.39 is 0 Å². The Morgan fingerprint density at radius 3 is 2.18 bits per heavy atom. The average molecular weight is 493 g/mol. The molecule has 0 unspecified atom stereocenters. The molecule has 0 aliphatic heterocycles. The van der Waals surface area contributed by atoms with E-state index >= 15 is 0 Å². The lowest BCUT2D eigenvalue weighted by atomic mass is 9.97. The van der Waals surface area contributed by atoms with Crippen LogP contribution in [0.4, 0.5) is 0 Å². The van der Waals surface area contributed by atoms with Gasteiger partial charge in [-0.2, -0.15) is 0 Å². The summed E-state index contributed by atoms with van der Waals surface area (Å²) in [6.45, 7) is 0.228. The number of carbonyl (C=O) groups excluding carboxylic acids is 1. The van der Waals surface area contributed by atoms with E-state index in [0.717, 1.165) is 11.1 Å². The molecule has 0 radical (unpaired) electrons. The van der Waals surface area contributed by atoms with E-state index in [1.807, 2.05) is 91.5 Å². The molecule has 8 heteroatoms. The third kappa shape index (κ3) is 5.61. The number of thioether (sulfide) groups is 1. The molecule has 0 N–H and O–H groups in total. The first-order valence-electron chi connectivity index (χ1n) is 10.8. The molecule has 4 aromatic rings. The summed E-state index contributed by atoms with van der Waals surface area (Å²) in [5.41, 5.74) is 2.12. The van der Waals surface area contributed by atoms with Crippen LogP contribution in [0.15, 0.2) is 90.1 Å². The van der Waals surface area contributed by atoms with Crippen LogP contribution in [0.1, 0.15) is 23.0 Å². The molecule has 0 spiro atoms. The Kier molecular flexibility index (Phi) is 7.87. The van der Waals surface area contributed by atoms with Gasteiger partial charge in [-0.3, -0.25) is 4.79 Å². The lowest BCUT2D eigenvalue weighted by Crippen LogP contribution is -2.33. The van der Waals surface area contributed by atoms with E-state index in [1.165, 1.54) is 11.8 Å². The first-order chi connectivity index (χ1) is 16.5. The second-order valence-corrected chi connectivity index (χ2v) is 9.04. The highest BCUT2D eigenvalue weighted by molar-refractivity contribution is 7.99. The highest BCUT2D eigenvalue weighted by Gasteiger charge is 2.24. The molecule has 174 valence electrons. The van der Waals surface area contributed by atoms with Crippen molar-refractivity contribution in [2.45, 2.75) is 17.8 Å². The van der Waals surface area contributed by atoms with Crippen molar-refractivity contribution in [3.63, 3.8) is 0 Å². The van der Waals surface area contributed by atoms with Gasteiger partial charge in [0.05, 0.1) is 16.8 Å². The molecule has 0 saturated carbocycles. The lowest BCUT2D eigenvalue weighted by molar-refractivity contribution is -0.128. The number of aromatic nitrogens is 3. The summed E-state index contributed by atoms with van der Waals surface area (Å²) in [6, 6.07) is 27.2. The van der Waals surface area contributed by atoms with Gasteiger partial charge in [-0.15, -0.1) is 10.2 Å². The largest absolute Gasteiger partial charge is 0.484 e. The monoisotopic (exact) mass is 492 g/mol. The van der Waals surface area contributed by atoms with Gasteiger partial charge in [0, 0.05) is 14.1 Å². The van der Waals surface area contributed by atoms with Gasteiger partial charge in [-0.25, -0.2) is 0 Å². The Hall–Kier alpha value is -3.29. The summed E-state index contributed by atoms with van der Waals surface area (Å²) in [6.07, 6.45) is 0. The van der Waals surface area contributed by atoms with Crippen LogP contribution in [-0.2, 0) is 18.4 Å². The van der Waals surface area contributed by atoms with Crippen LogP contribution in [0.25, 0.3) is 0 Å². The van der Waals surface area contributed by atoms with Gasteiger partial charge < -0.3 is 14.2 Å². The number of hydrogen-bond acceptors (Lipinski definition) is 5. The molecule has 0 aliphatic rings. The van der Waals surface area contributed by atoms with Crippen LogP contribution >= 0.6 is 23.4 Å². The van der Waals surface area contributed by atoms with Gasteiger partial charge in [0.2, 0.25) is 5.91 Å².